The standard InChI is InChI=1S/C19H16FN3O3/c1-26-16-8-11(2-7-15(16)24)14-9-17(25)22-19-18(14)23(10-21-19)13-5-3-12(20)4-6-13/h2-8,10,14,24H,9H2,1H3,(H,22,25)/t14-/m1/s1. The number of aromatic hydroxyl groups is 1. The third-order valence-electron chi connectivity index (χ3n) is 4.49. The van der Waals surface area contributed by atoms with Crippen LogP contribution in [-0.4, -0.2) is 27.7 Å². The minimum atomic E-state index is -0.323. The minimum absolute atomic E-state index is 0.0313. The van der Waals surface area contributed by atoms with Gasteiger partial charge < -0.3 is 19.7 Å². The van der Waals surface area contributed by atoms with Gasteiger partial charge in [-0.05, 0) is 42.0 Å². The molecule has 4 rings (SSSR count). The number of aromatic nitrogens is 2. The van der Waals surface area contributed by atoms with Gasteiger partial charge in [0.25, 0.3) is 0 Å². The van der Waals surface area contributed by atoms with Crippen molar-refractivity contribution >= 4 is 11.7 Å². The molecule has 0 spiro atoms. The van der Waals surface area contributed by atoms with E-state index in [1.54, 1.807) is 36.7 Å². The molecule has 0 unspecified atom stereocenters. The Hall–Kier alpha value is -3.35. The van der Waals surface area contributed by atoms with Crippen LogP contribution in [0.15, 0.2) is 48.8 Å². The molecule has 6 nitrogen and oxygen atoms in total. The Kier molecular flexibility index (Phi) is 3.84. The van der Waals surface area contributed by atoms with E-state index in [0.717, 1.165) is 16.9 Å². The van der Waals surface area contributed by atoms with Gasteiger partial charge in [0.1, 0.15) is 12.1 Å². The number of hydrogen-bond acceptors (Lipinski definition) is 4. The van der Waals surface area contributed by atoms with Crippen molar-refractivity contribution in [2.75, 3.05) is 12.4 Å². The lowest BCUT2D eigenvalue weighted by atomic mass is 9.89. The van der Waals surface area contributed by atoms with Crippen LogP contribution in [-0.2, 0) is 4.79 Å². The normalized spacial score (nSPS) is 16.1. The number of fused-ring (bicyclic) bond motifs is 1. The fourth-order valence-corrected chi connectivity index (χ4v) is 3.25. The molecule has 1 aliphatic heterocycles. The molecule has 0 aliphatic carbocycles. The van der Waals surface area contributed by atoms with E-state index in [4.69, 9.17) is 4.74 Å². The van der Waals surface area contributed by atoms with Crippen molar-refractivity contribution in [3.05, 3.63) is 65.9 Å². The summed E-state index contributed by atoms with van der Waals surface area (Å²) >= 11 is 0. The Bertz CT molecular complexity index is 982. The molecular weight excluding hydrogens is 337 g/mol. The molecule has 1 amide bonds. The van der Waals surface area contributed by atoms with Gasteiger partial charge >= 0.3 is 0 Å². The molecule has 2 heterocycles. The molecule has 0 saturated carbocycles. The predicted molar refractivity (Wildman–Crippen MR) is 93.3 cm³/mol. The van der Waals surface area contributed by atoms with Gasteiger partial charge in [0, 0.05) is 18.0 Å². The van der Waals surface area contributed by atoms with Crippen molar-refractivity contribution in [1.82, 2.24) is 9.55 Å². The summed E-state index contributed by atoms with van der Waals surface area (Å²) in [5, 5.41) is 12.6. The molecule has 7 heteroatoms. The van der Waals surface area contributed by atoms with Gasteiger partial charge in [-0.25, -0.2) is 9.37 Å². The predicted octanol–water partition coefficient (Wildman–Crippen LogP) is 3.20. The summed E-state index contributed by atoms with van der Waals surface area (Å²) < 4.78 is 20.3. The molecule has 1 atom stereocenters. The van der Waals surface area contributed by atoms with Crippen molar-refractivity contribution in [2.24, 2.45) is 0 Å². The number of anilines is 1. The number of benzene rings is 2. The molecule has 2 aromatic carbocycles. The number of methoxy groups -OCH3 is 1. The summed E-state index contributed by atoms with van der Waals surface area (Å²) in [5.41, 5.74) is 2.36. The molecule has 0 bridgehead atoms. The molecule has 132 valence electrons. The average Bonchev–Trinajstić information content (AvgIpc) is 3.06. The average molecular weight is 353 g/mol. The lowest BCUT2D eigenvalue weighted by Crippen LogP contribution is -2.25. The number of amides is 1. The van der Waals surface area contributed by atoms with E-state index in [0.29, 0.717) is 11.6 Å². The van der Waals surface area contributed by atoms with Crippen LogP contribution in [0.4, 0.5) is 10.2 Å². The quantitative estimate of drug-likeness (QED) is 0.758. The van der Waals surface area contributed by atoms with E-state index < -0.39 is 0 Å². The first-order valence-electron chi connectivity index (χ1n) is 8.06. The highest BCUT2D eigenvalue weighted by Crippen LogP contribution is 2.40. The number of halogens is 1. The third-order valence-corrected chi connectivity index (χ3v) is 4.49. The summed E-state index contributed by atoms with van der Waals surface area (Å²) in [4.78, 5) is 16.4. The second-order valence-electron chi connectivity index (χ2n) is 6.06. The van der Waals surface area contributed by atoms with Crippen molar-refractivity contribution in [1.29, 1.82) is 0 Å². The fourth-order valence-electron chi connectivity index (χ4n) is 3.25. The highest BCUT2D eigenvalue weighted by atomic mass is 19.1. The van der Waals surface area contributed by atoms with Crippen LogP contribution >= 0.6 is 0 Å². The van der Waals surface area contributed by atoms with Crippen LogP contribution in [0.3, 0.4) is 0 Å². The third kappa shape index (κ3) is 2.67. The van der Waals surface area contributed by atoms with Crippen LogP contribution in [0, 0.1) is 5.82 Å². The number of imidazole rings is 1. The zero-order valence-electron chi connectivity index (χ0n) is 13.9. The van der Waals surface area contributed by atoms with Crippen molar-refractivity contribution in [2.45, 2.75) is 12.3 Å². The monoisotopic (exact) mass is 353 g/mol. The smallest absolute Gasteiger partial charge is 0.226 e. The maximum atomic E-state index is 13.3. The molecule has 3 aromatic rings. The molecule has 26 heavy (non-hydrogen) atoms. The number of hydrogen-bond donors (Lipinski definition) is 2. The zero-order chi connectivity index (χ0) is 18.3. The Morgan fingerprint density at radius 1 is 1.27 bits per heavy atom. The van der Waals surface area contributed by atoms with Gasteiger partial charge in [-0.1, -0.05) is 6.07 Å². The number of phenolic OH excluding ortho intramolecular Hbond substituents is 1. The van der Waals surface area contributed by atoms with E-state index in [1.165, 1.54) is 19.2 Å². The Balaban J connectivity index is 1.85. The molecule has 1 aliphatic rings. The van der Waals surface area contributed by atoms with E-state index in [-0.39, 0.29) is 29.8 Å². The number of ether oxygens (including phenoxy) is 1. The molecule has 1 aromatic heterocycles. The summed E-state index contributed by atoms with van der Waals surface area (Å²) in [6.45, 7) is 0. The van der Waals surface area contributed by atoms with E-state index in [2.05, 4.69) is 10.3 Å². The lowest BCUT2D eigenvalue weighted by molar-refractivity contribution is -0.116. The van der Waals surface area contributed by atoms with Crippen LogP contribution in [0.5, 0.6) is 11.5 Å². The SMILES string of the molecule is COc1cc([C@H]2CC(=O)Nc3ncn(-c4ccc(F)cc4)c32)ccc1O. The van der Waals surface area contributed by atoms with Gasteiger partial charge in [0.15, 0.2) is 17.3 Å². The molecule has 0 saturated heterocycles. The second kappa shape index (κ2) is 6.18. The number of nitrogens with zero attached hydrogens (tertiary/aromatic N) is 2. The van der Waals surface area contributed by atoms with E-state index >= 15 is 0 Å². The van der Waals surface area contributed by atoms with Gasteiger partial charge in [0.05, 0.1) is 12.8 Å². The van der Waals surface area contributed by atoms with Crippen LogP contribution in [0.1, 0.15) is 23.6 Å². The maximum Gasteiger partial charge on any atom is 0.226 e. The molecular formula is C19H16FN3O3. The second-order valence-corrected chi connectivity index (χ2v) is 6.06. The summed E-state index contributed by atoms with van der Waals surface area (Å²) in [5.74, 6) is 0.102. The Labute approximate surface area is 148 Å². The Morgan fingerprint density at radius 3 is 2.77 bits per heavy atom. The van der Waals surface area contributed by atoms with Gasteiger partial charge in [-0.15, -0.1) is 0 Å². The summed E-state index contributed by atoms with van der Waals surface area (Å²) in [6.07, 6.45) is 1.84. The summed E-state index contributed by atoms with van der Waals surface area (Å²) in [7, 11) is 1.47. The van der Waals surface area contributed by atoms with Crippen molar-refractivity contribution in [3.63, 3.8) is 0 Å². The topological polar surface area (TPSA) is 76.4 Å². The van der Waals surface area contributed by atoms with Gasteiger partial charge in [-0.3, -0.25) is 4.79 Å². The maximum absolute atomic E-state index is 13.3. The van der Waals surface area contributed by atoms with Crippen LogP contribution in [0.2, 0.25) is 0 Å². The highest BCUT2D eigenvalue weighted by Gasteiger charge is 2.31. The lowest BCUT2D eigenvalue weighted by Gasteiger charge is -2.25. The van der Waals surface area contributed by atoms with Gasteiger partial charge in [0.2, 0.25) is 5.91 Å². The molecule has 0 fully saturated rings. The number of carbonyl (C=O) groups is 1. The van der Waals surface area contributed by atoms with Crippen LogP contribution in [0.25, 0.3) is 5.69 Å². The largest absolute Gasteiger partial charge is 0.504 e. The Morgan fingerprint density at radius 2 is 2.04 bits per heavy atom. The first kappa shape index (κ1) is 16.1. The fraction of sp³-hybridized carbons (Fsp3) is 0.158. The van der Waals surface area contributed by atoms with Crippen molar-refractivity contribution in [3.8, 4) is 17.2 Å². The first-order valence-corrected chi connectivity index (χ1v) is 8.06. The molecule has 2 N–H and O–H groups in total. The van der Waals surface area contributed by atoms with E-state index in [9.17, 15) is 14.3 Å². The zero-order valence-corrected chi connectivity index (χ0v) is 13.9. The number of phenols is 1. The highest BCUT2D eigenvalue weighted by molar-refractivity contribution is 5.94. The van der Waals surface area contributed by atoms with E-state index in [1.807, 2.05) is 4.57 Å². The molecule has 0 radical (unpaired) electrons. The van der Waals surface area contributed by atoms with Crippen LogP contribution < -0.4 is 10.1 Å². The van der Waals surface area contributed by atoms with Crippen molar-refractivity contribution < 1.29 is 19.0 Å². The minimum Gasteiger partial charge on any atom is -0.504 e. The first-order chi connectivity index (χ1) is 12.6. The number of nitrogens with one attached hydrogen (secondary N) is 1. The number of carbonyl (C=O) groups excluding carboxylic acids is 1. The van der Waals surface area contributed by atoms with Gasteiger partial charge in [-0.2, -0.15) is 0 Å². The summed E-state index contributed by atoms with van der Waals surface area (Å²) in [6, 6.07) is 11.1. The number of rotatable bonds is 3.